The Hall–Kier alpha value is -2.52. The maximum Gasteiger partial charge on any atom is 0.123 e. The fourth-order valence-corrected chi connectivity index (χ4v) is 3.52. The van der Waals surface area contributed by atoms with Gasteiger partial charge < -0.3 is 8.98 Å². The van der Waals surface area contributed by atoms with Crippen molar-refractivity contribution < 1.29 is 4.42 Å². The minimum atomic E-state index is 0.224. The molecule has 0 aliphatic heterocycles. The first-order valence-electron chi connectivity index (χ1n) is 8.49. The van der Waals surface area contributed by atoms with E-state index in [0.29, 0.717) is 11.6 Å². The second-order valence-electron chi connectivity index (χ2n) is 6.14. The number of hydrogen-bond donors (Lipinski definition) is 0. The van der Waals surface area contributed by atoms with Crippen LogP contribution in [0.25, 0.3) is 11.0 Å². The number of fused-ring (bicyclic) bond motifs is 1. The summed E-state index contributed by atoms with van der Waals surface area (Å²) in [5.74, 6) is 2.17. The summed E-state index contributed by atoms with van der Waals surface area (Å²) >= 11 is 6.25. The summed E-state index contributed by atoms with van der Waals surface area (Å²) in [5, 5.41) is 0.715. The van der Waals surface area contributed by atoms with Crippen molar-refractivity contribution in [3.05, 3.63) is 89.1 Å². The summed E-state index contributed by atoms with van der Waals surface area (Å²) in [6.45, 7) is 2.84. The number of hydrogen-bond acceptors (Lipinski definition) is 2. The molecule has 0 aliphatic carbocycles. The predicted molar refractivity (Wildman–Crippen MR) is 101 cm³/mol. The van der Waals surface area contributed by atoms with Crippen molar-refractivity contribution in [3.63, 3.8) is 0 Å². The fraction of sp³-hybridized carbons (Fsp3) is 0.190. The molecule has 0 saturated carbocycles. The van der Waals surface area contributed by atoms with E-state index in [1.807, 2.05) is 36.4 Å². The highest BCUT2D eigenvalue weighted by atomic mass is 35.5. The van der Waals surface area contributed by atoms with E-state index in [1.165, 1.54) is 5.56 Å². The SMILES string of the molecule is CCC(c1ccccc1)c1nc2ccc(Cl)cc2n1Cc1ccco1. The first-order valence-corrected chi connectivity index (χ1v) is 8.87. The molecule has 4 rings (SSSR count). The molecular weight excluding hydrogens is 332 g/mol. The van der Waals surface area contributed by atoms with Crippen LogP contribution in [0.1, 0.15) is 36.4 Å². The lowest BCUT2D eigenvalue weighted by molar-refractivity contribution is 0.488. The summed E-state index contributed by atoms with van der Waals surface area (Å²) in [4.78, 5) is 4.94. The molecule has 2 aromatic carbocycles. The molecular formula is C21H19ClN2O. The highest BCUT2D eigenvalue weighted by Gasteiger charge is 2.21. The number of nitrogens with zero attached hydrogens (tertiary/aromatic N) is 2. The first-order chi connectivity index (χ1) is 12.3. The van der Waals surface area contributed by atoms with E-state index in [2.05, 4.69) is 35.8 Å². The molecule has 1 unspecified atom stereocenters. The molecule has 0 N–H and O–H groups in total. The number of benzene rings is 2. The molecule has 1 atom stereocenters. The van der Waals surface area contributed by atoms with Crippen molar-refractivity contribution in [1.82, 2.24) is 9.55 Å². The Morgan fingerprint density at radius 3 is 2.64 bits per heavy atom. The van der Waals surface area contributed by atoms with E-state index in [4.69, 9.17) is 21.0 Å². The second kappa shape index (κ2) is 6.77. The van der Waals surface area contributed by atoms with Crippen LogP contribution < -0.4 is 0 Å². The number of rotatable bonds is 5. The van der Waals surface area contributed by atoms with Gasteiger partial charge in [-0.25, -0.2) is 4.98 Å². The summed E-state index contributed by atoms with van der Waals surface area (Å²) in [5.41, 5.74) is 3.26. The van der Waals surface area contributed by atoms with Crippen LogP contribution in [0.4, 0.5) is 0 Å². The highest BCUT2D eigenvalue weighted by Crippen LogP contribution is 2.31. The van der Waals surface area contributed by atoms with E-state index >= 15 is 0 Å². The normalized spacial score (nSPS) is 12.6. The van der Waals surface area contributed by atoms with Crippen molar-refractivity contribution >= 4 is 22.6 Å². The van der Waals surface area contributed by atoms with Gasteiger partial charge in [0.05, 0.1) is 23.8 Å². The van der Waals surface area contributed by atoms with Crippen LogP contribution in [0, 0.1) is 0 Å². The highest BCUT2D eigenvalue weighted by molar-refractivity contribution is 6.31. The van der Waals surface area contributed by atoms with Crippen molar-refractivity contribution in [1.29, 1.82) is 0 Å². The van der Waals surface area contributed by atoms with Crippen LogP contribution in [0.3, 0.4) is 0 Å². The first kappa shape index (κ1) is 16.0. The Labute approximate surface area is 151 Å². The Morgan fingerprint density at radius 1 is 1.08 bits per heavy atom. The lowest BCUT2D eigenvalue weighted by atomic mass is 9.95. The summed E-state index contributed by atoms with van der Waals surface area (Å²) in [6.07, 6.45) is 2.68. The van der Waals surface area contributed by atoms with E-state index in [-0.39, 0.29) is 5.92 Å². The average Bonchev–Trinajstić information content (AvgIpc) is 3.26. The Morgan fingerprint density at radius 2 is 1.92 bits per heavy atom. The van der Waals surface area contributed by atoms with Crippen LogP contribution in [0.2, 0.25) is 5.02 Å². The van der Waals surface area contributed by atoms with Gasteiger partial charge in [-0.3, -0.25) is 0 Å². The zero-order chi connectivity index (χ0) is 17.2. The van der Waals surface area contributed by atoms with Crippen molar-refractivity contribution in [3.8, 4) is 0 Å². The maximum atomic E-state index is 6.25. The smallest absolute Gasteiger partial charge is 0.123 e. The maximum absolute atomic E-state index is 6.25. The van der Waals surface area contributed by atoms with E-state index in [0.717, 1.165) is 29.0 Å². The van der Waals surface area contributed by atoms with E-state index in [9.17, 15) is 0 Å². The van der Waals surface area contributed by atoms with Gasteiger partial charge in [0.25, 0.3) is 0 Å². The Bertz CT molecular complexity index is 974. The van der Waals surface area contributed by atoms with E-state index < -0.39 is 0 Å². The molecule has 0 amide bonds. The van der Waals surface area contributed by atoms with Gasteiger partial charge in [0, 0.05) is 10.9 Å². The third-order valence-electron chi connectivity index (χ3n) is 4.56. The lowest BCUT2D eigenvalue weighted by Crippen LogP contribution is -2.10. The number of halogens is 1. The minimum absolute atomic E-state index is 0.224. The van der Waals surface area contributed by atoms with Gasteiger partial charge >= 0.3 is 0 Å². The Kier molecular flexibility index (Phi) is 4.33. The molecule has 4 heteroatoms. The van der Waals surface area contributed by atoms with E-state index in [1.54, 1.807) is 6.26 Å². The second-order valence-corrected chi connectivity index (χ2v) is 6.58. The van der Waals surface area contributed by atoms with Gasteiger partial charge in [-0.2, -0.15) is 0 Å². The Balaban J connectivity index is 1.89. The zero-order valence-electron chi connectivity index (χ0n) is 14.0. The van der Waals surface area contributed by atoms with Crippen LogP contribution >= 0.6 is 11.6 Å². The van der Waals surface area contributed by atoms with Crippen LogP contribution in [0.5, 0.6) is 0 Å². The quantitative estimate of drug-likeness (QED) is 0.450. The van der Waals surface area contributed by atoms with Gasteiger partial charge in [0.15, 0.2) is 0 Å². The minimum Gasteiger partial charge on any atom is -0.467 e. The molecule has 4 aromatic rings. The molecule has 126 valence electrons. The molecule has 25 heavy (non-hydrogen) atoms. The van der Waals surface area contributed by atoms with Gasteiger partial charge in [-0.1, -0.05) is 48.9 Å². The number of imidazole rings is 1. The van der Waals surface area contributed by atoms with Gasteiger partial charge in [0.2, 0.25) is 0 Å². The molecule has 0 radical (unpaired) electrons. The molecule has 3 nitrogen and oxygen atoms in total. The third kappa shape index (κ3) is 3.08. The number of furan rings is 1. The molecule has 0 bridgehead atoms. The molecule has 0 aliphatic rings. The lowest BCUT2D eigenvalue weighted by Gasteiger charge is -2.17. The fourth-order valence-electron chi connectivity index (χ4n) is 3.36. The predicted octanol–water partition coefficient (Wildman–Crippen LogP) is 5.87. The molecule has 0 fully saturated rings. The average molecular weight is 351 g/mol. The van der Waals surface area contributed by atoms with Gasteiger partial charge in [-0.15, -0.1) is 0 Å². The van der Waals surface area contributed by atoms with Crippen LogP contribution in [0.15, 0.2) is 71.3 Å². The zero-order valence-corrected chi connectivity index (χ0v) is 14.8. The van der Waals surface area contributed by atoms with Crippen molar-refractivity contribution in [2.75, 3.05) is 0 Å². The number of aromatic nitrogens is 2. The monoisotopic (exact) mass is 350 g/mol. The molecule has 0 spiro atoms. The summed E-state index contributed by atoms with van der Waals surface area (Å²) < 4.78 is 7.80. The molecule has 2 aromatic heterocycles. The largest absolute Gasteiger partial charge is 0.467 e. The van der Waals surface area contributed by atoms with Crippen molar-refractivity contribution in [2.45, 2.75) is 25.8 Å². The van der Waals surface area contributed by atoms with Gasteiger partial charge in [-0.05, 0) is 42.3 Å². The van der Waals surface area contributed by atoms with Crippen molar-refractivity contribution in [2.24, 2.45) is 0 Å². The molecule has 0 saturated heterocycles. The standard InChI is InChI=1S/C21H19ClN2O/c1-2-18(15-7-4-3-5-8-15)21-23-19-11-10-16(22)13-20(19)24(21)14-17-9-6-12-25-17/h3-13,18H,2,14H2,1H3. The van der Waals surface area contributed by atoms with Crippen LogP contribution in [-0.4, -0.2) is 9.55 Å². The van der Waals surface area contributed by atoms with Gasteiger partial charge in [0.1, 0.15) is 11.6 Å². The topological polar surface area (TPSA) is 31.0 Å². The third-order valence-corrected chi connectivity index (χ3v) is 4.79. The molecule has 2 heterocycles. The summed E-state index contributed by atoms with van der Waals surface area (Å²) in [6, 6.07) is 20.3. The van der Waals surface area contributed by atoms with Crippen LogP contribution in [-0.2, 0) is 6.54 Å². The summed E-state index contributed by atoms with van der Waals surface area (Å²) in [7, 11) is 0.